The molecule has 0 unspecified atom stereocenters. The second-order valence-electron chi connectivity index (χ2n) is 6.10. The summed E-state index contributed by atoms with van der Waals surface area (Å²) in [6.07, 6.45) is 0. The number of morpholine rings is 1. The minimum atomic E-state index is -0.0648. The van der Waals surface area contributed by atoms with Crippen LogP contribution in [0.5, 0.6) is 5.75 Å². The van der Waals surface area contributed by atoms with E-state index in [1.165, 1.54) is 4.88 Å². The predicted molar refractivity (Wildman–Crippen MR) is 99.4 cm³/mol. The molecule has 3 rings (SSSR count). The predicted octanol–water partition coefficient (Wildman–Crippen LogP) is 2.95. The highest BCUT2D eigenvalue weighted by atomic mass is 32.1. The van der Waals surface area contributed by atoms with Gasteiger partial charge in [-0.3, -0.25) is 9.69 Å². The molecule has 134 valence electrons. The molecule has 1 saturated heterocycles. The van der Waals surface area contributed by atoms with Crippen LogP contribution in [0.4, 0.5) is 0 Å². The Morgan fingerprint density at radius 2 is 1.96 bits per heavy atom. The van der Waals surface area contributed by atoms with Crippen molar-refractivity contribution in [2.45, 2.75) is 19.0 Å². The number of ether oxygens (including phenoxy) is 2. The second-order valence-corrected chi connectivity index (χ2v) is 7.08. The highest BCUT2D eigenvalue weighted by Gasteiger charge is 2.29. The molecule has 2 atom stereocenters. The molecular weight excluding hydrogens is 336 g/mol. The Labute approximate surface area is 152 Å². The fraction of sp³-hybridized carbons (Fsp3) is 0.421. The van der Waals surface area contributed by atoms with E-state index in [0.717, 1.165) is 32.1 Å². The first-order chi connectivity index (χ1) is 12.2. The average molecular weight is 360 g/mol. The van der Waals surface area contributed by atoms with Crippen LogP contribution in [-0.4, -0.2) is 50.3 Å². The van der Waals surface area contributed by atoms with Crippen molar-refractivity contribution in [3.63, 3.8) is 0 Å². The van der Waals surface area contributed by atoms with Crippen LogP contribution in [0, 0.1) is 0 Å². The minimum absolute atomic E-state index is 0.00801. The van der Waals surface area contributed by atoms with Gasteiger partial charge in [-0.2, -0.15) is 0 Å². The first kappa shape index (κ1) is 17.9. The number of rotatable bonds is 6. The standard InChI is InChI=1S/C19H24N2O3S/c1-14(20-19(22)15-5-7-16(23-2)8-6-15)18(17-4-3-13-25-17)21-9-11-24-12-10-21/h3-8,13-14,18H,9-12H2,1-2H3,(H,20,22)/t14-,18-/m1/s1. The number of nitrogens with one attached hydrogen (secondary N) is 1. The van der Waals surface area contributed by atoms with Crippen molar-refractivity contribution in [2.75, 3.05) is 33.4 Å². The summed E-state index contributed by atoms with van der Waals surface area (Å²) < 4.78 is 10.6. The van der Waals surface area contributed by atoms with Crippen molar-refractivity contribution in [1.29, 1.82) is 0 Å². The number of thiophene rings is 1. The topological polar surface area (TPSA) is 50.8 Å². The monoisotopic (exact) mass is 360 g/mol. The first-order valence-corrected chi connectivity index (χ1v) is 9.37. The lowest BCUT2D eigenvalue weighted by Gasteiger charge is -2.37. The smallest absolute Gasteiger partial charge is 0.251 e. The van der Waals surface area contributed by atoms with Crippen LogP contribution in [-0.2, 0) is 4.74 Å². The fourth-order valence-electron chi connectivity index (χ4n) is 3.17. The number of carbonyl (C=O) groups is 1. The van der Waals surface area contributed by atoms with Gasteiger partial charge in [-0.25, -0.2) is 0 Å². The van der Waals surface area contributed by atoms with Crippen LogP contribution < -0.4 is 10.1 Å². The Hall–Kier alpha value is -1.89. The van der Waals surface area contributed by atoms with Gasteiger partial charge in [0.25, 0.3) is 5.91 Å². The molecule has 1 aliphatic rings. The zero-order chi connectivity index (χ0) is 17.6. The average Bonchev–Trinajstić information content (AvgIpc) is 3.17. The Balaban J connectivity index is 1.72. The number of benzene rings is 1. The maximum Gasteiger partial charge on any atom is 0.251 e. The van der Waals surface area contributed by atoms with Crippen molar-refractivity contribution in [3.05, 3.63) is 52.2 Å². The first-order valence-electron chi connectivity index (χ1n) is 8.49. The third kappa shape index (κ3) is 4.39. The van der Waals surface area contributed by atoms with Crippen molar-refractivity contribution < 1.29 is 14.3 Å². The molecule has 1 aliphatic heterocycles. The van der Waals surface area contributed by atoms with Gasteiger partial charge in [0.1, 0.15) is 5.75 Å². The summed E-state index contributed by atoms with van der Waals surface area (Å²) in [5.74, 6) is 0.680. The van der Waals surface area contributed by atoms with E-state index in [1.54, 1.807) is 42.7 Å². The molecule has 0 saturated carbocycles. The summed E-state index contributed by atoms with van der Waals surface area (Å²) in [5.41, 5.74) is 0.638. The summed E-state index contributed by atoms with van der Waals surface area (Å²) in [6.45, 7) is 5.31. The summed E-state index contributed by atoms with van der Waals surface area (Å²) in [7, 11) is 1.62. The van der Waals surface area contributed by atoms with E-state index in [1.807, 2.05) is 0 Å². The zero-order valence-corrected chi connectivity index (χ0v) is 15.4. The Kier molecular flexibility index (Phi) is 6.07. The third-order valence-electron chi connectivity index (χ3n) is 4.46. The van der Waals surface area contributed by atoms with E-state index in [2.05, 4.69) is 34.7 Å². The van der Waals surface area contributed by atoms with Crippen molar-refractivity contribution in [2.24, 2.45) is 0 Å². The molecular formula is C19H24N2O3S. The van der Waals surface area contributed by atoms with E-state index in [-0.39, 0.29) is 18.0 Å². The summed E-state index contributed by atoms with van der Waals surface area (Å²) in [4.78, 5) is 16.3. The normalized spacial score (nSPS) is 17.7. The fourth-order valence-corrected chi connectivity index (χ4v) is 4.13. The van der Waals surface area contributed by atoms with Gasteiger partial charge < -0.3 is 14.8 Å². The van der Waals surface area contributed by atoms with Crippen LogP contribution in [0.2, 0.25) is 0 Å². The lowest BCUT2D eigenvalue weighted by atomic mass is 10.0. The molecule has 1 fully saturated rings. The van der Waals surface area contributed by atoms with Gasteiger partial charge in [0.05, 0.1) is 26.4 Å². The van der Waals surface area contributed by atoms with Crippen molar-refractivity contribution in [1.82, 2.24) is 10.2 Å². The quantitative estimate of drug-likeness (QED) is 0.861. The second kappa shape index (κ2) is 8.47. The van der Waals surface area contributed by atoms with Crippen LogP contribution in [0.1, 0.15) is 28.2 Å². The molecule has 2 aromatic rings. The van der Waals surface area contributed by atoms with Crippen molar-refractivity contribution >= 4 is 17.2 Å². The van der Waals surface area contributed by atoms with Crippen molar-refractivity contribution in [3.8, 4) is 5.75 Å². The molecule has 1 aromatic heterocycles. The lowest BCUT2D eigenvalue weighted by Crippen LogP contribution is -2.48. The Morgan fingerprint density at radius 3 is 2.56 bits per heavy atom. The molecule has 2 heterocycles. The number of carbonyl (C=O) groups excluding carboxylic acids is 1. The molecule has 0 spiro atoms. The molecule has 5 nitrogen and oxygen atoms in total. The highest BCUT2D eigenvalue weighted by molar-refractivity contribution is 7.10. The minimum Gasteiger partial charge on any atom is -0.497 e. The molecule has 1 amide bonds. The molecule has 0 radical (unpaired) electrons. The Morgan fingerprint density at radius 1 is 1.24 bits per heavy atom. The molecule has 1 N–H and O–H groups in total. The summed E-state index contributed by atoms with van der Waals surface area (Å²) in [5, 5.41) is 5.25. The van der Waals surface area contributed by atoms with Crippen LogP contribution in [0.25, 0.3) is 0 Å². The number of nitrogens with zero attached hydrogens (tertiary/aromatic N) is 1. The molecule has 6 heteroatoms. The molecule has 25 heavy (non-hydrogen) atoms. The van der Waals surface area contributed by atoms with Gasteiger partial charge >= 0.3 is 0 Å². The van der Waals surface area contributed by atoms with E-state index < -0.39 is 0 Å². The summed E-state index contributed by atoms with van der Waals surface area (Å²) >= 11 is 1.73. The van der Waals surface area contributed by atoms with Gasteiger partial charge in [-0.1, -0.05) is 6.07 Å². The van der Waals surface area contributed by atoms with E-state index in [4.69, 9.17) is 9.47 Å². The zero-order valence-electron chi connectivity index (χ0n) is 14.6. The number of hydrogen-bond acceptors (Lipinski definition) is 5. The van der Waals surface area contributed by atoms with Crippen LogP contribution in [0.3, 0.4) is 0 Å². The lowest BCUT2D eigenvalue weighted by molar-refractivity contribution is 0.00969. The SMILES string of the molecule is COc1ccc(C(=O)N[C@H](C)[C@H](c2cccs2)N2CCOCC2)cc1. The Bertz CT molecular complexity index is 666. The van der Waals surface area contributed by atoms with Gasteiger partial charge in [-0.15, -0.1) is 11.3 Å². The van der Waals surface area contributed by atoms with Crippen LogP contribution >= 0.6 is 11.3 Å². The number of methoxy groups -OCH3 is 1. The largest absolute Gasteiger partial charge is 0.497 e. The van der Waals surface area contributed by atoms with Gasteiger partial charge in [0.2, 0.25) is 0 Å². The van der Waals surface area contributed by atoms with Gasteiger partial charge in [0.15, 0.2) is 0 Å². The molecule has 0 bridgehead atoms. The summed E-state index contributed by atoms with van der Waals surface area (Å²) in [6, 6.07) is 11.5. The highest BCUT2D eigenvalue weighted by Crippen LogP contribution is 2.29. The van der Waals surface area contributed by atoms with Gasteiger partial charge in [-0.05, 0) is 42.6 Å². The van der Waals surface area contributed by atoms with Gasteiger partial charge in [0, 0.05) is 29.6 Å². The maximum absolute atomic E-state index is 12.6. The van der Waals surface area contributed by atoms with Crippen LogP contribution in [0.15, 0.2) is 41.8 Å². The van der Waals surface area contributed by atoms with E-state index >= 15 is 0 Å². The third-order valence-corrected chi connectivity index (χ3v) is 5.40. The molecule has 0 aliphatic carbocycles. The van der Waals surface area contributed by atoms with E-state index in [0.29, 0.717) is 5.56 Å². The van der Waals surface area contributed by atoms with E-state index in [9.17, 15) is 4.79 Å². The number of amides is 1. The maximum atomic E-state index is 12.6. The molecule has 1 aromatic carbocycles. The number of hydrogen-bond donors (Lipinski definition) is 1.